The highest BCUT2D eigenvalue weighted by atomic mass is 32.2. The molecule has 1 aromatic heterocycles. The molecule has 0 fully saturated rings. The fourth-order valence-electron chi connectivity index (χ4n) is 0.915. The first-order valence-corrected chi connectivity index (χ1v) is 5.14. The van der Waals surface area contributed by atoms with E-state index in [1.165, 1.54) is 0 Å². The minimum atomic E-state index is 0.583. The van der Waals surface area contributed by atoms with E-state index in [-0.39, 0.29) is 0 Å². The van der Waals surface area contributed by atoms with Gasteiger partial charge in [0.1, 0.15) is 0 Å². The molecule has 1 rings (SSSR count). The first kappa shape index (κ1) is 9.61. The van der Waals surface area contributed by atoms with Gasteiger partial charge in [-0.05, 0) is 13.5 Å². The van der Waals surface area contributed by atoms with Gasteiger partial charge in [0.15, 0.2) is 5.16 Å². The van der Waals surface area contributed by atoms with Gasteiger partial charge in [0.05, 0.1) is 0 Å². The number of rotatable bonds is 5. The van der Waals surface area contributed by atoms with Crippen molar-refractivity contribution in [1.82, 2.24) is 15.3 Å². The second-order valence-corrected chi connectivity index (χ2v) is 3.61. The second-order valence-electron chi connectivity index (χ2n) is 2.60. The number of imidazole rings is 1. The number of aromatic nitrogens is 2. The predicted octanol–water partition coefficient (Wildman–Crippen LogP) is 1.50. The number of hydrogen-bond acceptors (Lipinski definition) is 3. The summed E-state index contributed by atoms with van der Waals surface area (Å²) in [5, 5.41) is 4.26. The Bertz CT molecular complexity index is 194. The van der Waals surface area contributed by atoms with Crippen LogP contribution in [0.5, 0.6) is 0 Å². The van der Waals surface area contributed by atoms with E-state index in [4.69, 9.17) is 0 Å². The normalized spacial score (nSPS) is 13.2. The molecular weight excluding hydrogens is 170 g/mol. The molecule has 0 saturated heterocycles. The first-order chi connectivity index (χ1) is 5.86. The zero-order valence-corrected chi connectivity index (χ0v) is 8.32. The van der Waals surface area contributed by atoms with E-state index in [2.05, 4.69) is 22.2 Å². The third kappa shape index (κ3) is 2.87. The lowest BCUT2D eigenvalue weighted by atomic mass is 10.3. The highest BCUT2D eigenvalue weighted by molar-refractivity contribution is 7.99. The van der Waals surface area contributed by atoms with Gasteiger partial charge in [-0.2, -0.15) is 0 Å². The lowest BCUT2D eigenvalue weighted by Crippen LogP contribution is -2.26. The summed E-state index contributed by atoms with van der Waals surface area (Å²) in [6.45, 7) is 2.18. The molecule has 68 valence electrons. The van der Waals surface area contributed by atoms with Crippen LogP contribution < -0.4 is 5.32 Å². The van der Waals surface area contributed by atoms with Crippen molar-refractivity contribution in [2.24, 2.45) is 0 Å². The van der Waals surface area contributed by atoms with E-state index >= 15 is 0 Å². The third-order valence-electron chi connectivity index (χ3n) is 1.80. The van der Waals surface area contributed by atoms with Gasteiger partial charge in [-0.1, -0.05) is 18.7 Å². The molecule has 0 amide bonds. The molecule has 1 unspecified atom stereocenters. The van der Waals surface area contributed by atoms with Crippen LogP contribution in [-0.2, 0) is 0 Å². The Hall–Kier alpha value is -0.480. The Morgan fingerprint density at radius 1 is 1.75 bits per heavy atom. The molecule has 1 atom stereocenters. The molecule has 3 nitrogen and oxygen atoms in total. The maximum Gasteiger partial charge on any atom is 0.165 e. The van der Waals surface area contributed by atoms with Gasteiger partial charge < -0.3 is 10.3 Å². The summed E-state index contributed by atoms with van der Waals surface area (Å²) in [6.07, 6.45) is 4.79. The molecule has 12 heavy (non-hydrogen) atoms. The maximum atomic E-state index is 4.14. The molecule has 0 spiro atoms. The second kappa shape index (κ2) is 5.22. The number of nitrogens with zero attached hydrogens (tertiary/aromatic N) is 1. The molecule has 0 bridgehead atoms. The van der Waals surface area contributed by atoms with Crippen LogP contribution in [0, 0.1) is 0 Å². The van der Waals surface area contributed by atoms with Crippen molar-refractivity contribution in [3.8, 4) is 0 Å². The van der Waals surface area contributed by atoms with Gasteiger partial charge in [-0.25, -0.2) is 4.98 Å². The average molecular weight is 185 g/mol. The fourth-order valence-corrected chi connectivity index (χ4v) is 1.96. The van der Waals surface area contributed by atoms with Gasteiger partial charge in [0, 0.05) is 24.2 Å². The van der Waals surface area contributed by atoms with Crippen LogP contribution in [0.25, 0.3) is 0 Å². The van der Waals surface area contributed by atoms with Crippen molar-refractivity contribution >= 4 is 11.8 Å². The number of aromatic amines is 1. The zero-order valence-electron chi connectivity index (χ0n) is 7.50. The summed E-state index contributed by atoms with van der Waals surface area (Å²) >= 11 is 1.76. The fraction of sp³-hybridized carbons (Fsp3) is 0.625. The van der Waals surface area contributed by atoms with Crippen LogP contribution in [0.2, 0.25) is 0 Å². The van der Waals surface area contributed by atoms with Crippen molar-refractivity contribution < 1.29 is 0 Å². The van der Waals surface area contributed by atoms with Crippen molar-refractivity contribution in [1.29, 1.82) is 0 Å². The Morgan fingerprint density at radius 3 is 3.08 bits per heavy atom. The molecule has 1 aromatic rings. The molecule has 0 aliphatic rings. The highest BCUT2D eigenvalue weighted by Gasteiger charge is 2.03. The van der Waals surface area contributed by atoms with E-state index in [1.54, 1.807) is 18.0 Å². The standard InChI is InChI=1S/C8H15N3S/c1-3-7(9-2)6-12-8-10-4-5-11-8/h4-5,7,9H,3,6H2,1-2H3,(H,10,11). The third-order valence-corrected chi connectivity index (χ3v) is 2.86. The van der Waals surface area contributed by atoms with Crippen LogP contribution in [-0.4, -0.2) is 28.8 Å². The summed E-state index contributed by atoms with van der Waals surface area (Å²) < 4.78 is 0. The first-order valence-electron chi connectivity index (χ1n) is 4.16. The largest absolute Gasteiger partial charge is 0.340 e. The van der Waals surface area contributed by atoms with E-state index in [0.29, 0.717) is 6.04 Å². The highest BCUT2D eigenvalue weighted by Crippen LogP contribution is 2.13. The average Bonchev–Trinajstić information content (AvgIpc) is 2.59. The molecule has 0 aliphatic heterocycles. The molecule has 0 aromatic carbocycles. The molecule has 0 radical (unpaired) electrons. The molecule has 0 saturated carbocycles. The minimum Gasteiger partial charge on any atom is -0.340 e. The maximum absolute atomic E-state index is 4.14. The molecular formula is C8H15N3S. The van der Waals surface area contributed by atoms with Gasteiger partial charge in [0.2, 0.25) is 0 Å². The lowest BCUT2D eigenvalue weighted by Gasteiger charge is -2.11. The molecule has 0 aliphatic carbocycles. The van der Waals surface area contributed by atoms with Crippen LogP contribution in [0.1, 0.15) is 13.3 Å². The van der Waals surface area contributed by atoms with E-state index in [9.17, 15) is 0 Å². The monoisotopic (exact) mass is 185 g/mol. The van der Waals surface area contributed by atoms with Crippen molar-refractivity contribution in [2.75, 3.05) is 12.8 Å². The summed E-state index contributed by atoms with van der Waals surface area (Å²) in [6, 6.07) is 0.583. The predicted molar refractivity (Wildman–Crippen MR) is 52.5 cm³/mol. The van der Waals surface area contributed by atoms with E-state index in [0.717, 1.165) is 17.3 Å². The Morgan fingerprint density at radius 2 is 2.58 bits per heavy atom. The van der Waals surface area contributed by atoms with Gasteiger partial charge in [-0.15, -0.1) is 0 Å². The van der Waals surface area contributed by atoms with E-state index < -0.39 is 0 Å². The van der Waals surface area contributed by atoms with Gasteiger partial charge in [0.25, 0.3) is 0 Å². The van der Waals surface area contributed by atoms with Crippen molar-refractivity contribution in [2.45, 2.75) is 24.5 Å². The van der Waals surface area contributed by atoms with Crippen LogP contribution in [0.15, 0.2) is 17.6 Å². The van der Waals surface area contributed by atoms with E-state index in [1.807, 2.05) is 13.2 Å². The van der Waals surface area contributed by atoms with Gasteiger partial charge in [-0.3, -0.25) is 0 Å². The Kier molecular flexibility index (Phi) is 4.18. The van der Waals surface area contributed by atoms with Crippen LogP contribution in [0.3, 0.4) is 0 Å². The minimum absolute atomic E-state index is 0.583. The lowest BCUT2D eigenvalue weighted by molar-refractivity contribution is 0.601. The summed E-state index contributed by atoms with van der Waals surface area (Å²) in [5.74, 6) is 1.07. The molecule has 2 N–H and O–H groups in total. The van der Waals surface area contributed by atoms with Crippen molar-refractivity contribution in [3.63, 3.8) is 0 Å². The summed E-state index contributed by atoms with van der Waals surface area (Å²) in [5.41, 5.74) is 0. The van der Waals surface area contributed by atoms with Gasteiger partial charge >= 0.3 is 0 Å². The van der Waals surface area contributed by atoms with Crippen LogP contribution in [0.4, 0.5) is 0 Å². The molecule has 1 heterocycles. The quantitative estimate of drug-likeness (QED) is 0.683. The zero-order chi connectivity index (χ0) is 8.81. The van der Waals surface area contributed by atoms with Crippen LogP contribution >= 0.6 is 11.8 Å². The molecule has 4 heteroatoms. The number of nitrogens with one attached hydrogen (secondary N) is 2. The Labute approximate surface area is 77.4 Å². The topological polar surface area (TPSA) is 40.7 Å². The van der Waals surface area contributed by atoms with Crippen molar-refractivity contribution in [3.05, 3.63) is 12.4 Å². The number of H-pyrrole nitrogens is 1. The summed E-state index contributed by atoms with van der Waals surface area (Å²) in [7, 11) is 2.00. The smallest absolute Gasteiger partial charge is 0.165 e. The number of hydrogen-bond donors (Lipinski definition) is 2. The summed E-state index contributed by atoms with van der Waals surface area (Å²) in [4.78, 5) is 7.20. The number of thioether (sulfide) groups is 1. The SMILES string of the molecule is CCC(CSc1ncc[nH]1)NC. The Balaban J connectivity index is 2.25.